The number of carbonyl (C=O) groups is 1. The number of methoxy groups -OCH3 is 2. The van der Waals surface area contributed by atoms with E-state index in [-0.39, 0.29) is 5.78 Å². The zero-order valence-electron chi connectivity index (χ0n) is 14.8. The summed E-state index contributed by atoms with van der Waals surface area (Å²) in [7, 11) is 3.28. The Labute approximate surface area is 147 Å². The lowest BCUT2D eigenvalue weighted by atomic mass is 9.95. The minimum atomic E-state index is 0.0410. The number of aromatic nitrogens is 1. The third-order valence-corrected chi connectivity index (χ3v) is 4.30. The van der Waals surface area contributed by atoms with Crippen LogP contribution >= 0.6 is 0 Å². The summed E-state index contributed by atoms with van der Waals surface area (Å²) in [6.45, 7) is 3.53. The van der Waals surface area contributed by atoms with Crippen molar-refractivity contribution in [2.45, 2.75) is 13.8 Å². The molecule has 3 aromatic rings. The maximum Gasteiger partial charge on any atom is 0.162 e. The maximum atomic E-state index is 12.3. The van der Waals surface area contributed by atoms with Gasteiger partial charge in [0.15, 0.2) is 5.78 Å². The Bertz CT molecular complexity index is 890. The number of benzene rings is 2. The second kappa shape index (κ2) is 6.85. The molecule has 4 nitrogen and oxygen atoms in total. The second-order valence-electron chi connectivity index (χ2n) is 5.89. The first-order valence-corrected chi connectivity index (χ1v) is 8.07. The summed E-state index contributed by atoms with van der Waals surface area (Å²) in [4.78, 5) is 15.6. The largest absolute Gasteiger partial charge is 0.497 e. The van der Waals surface area contributed by atoms with Crippen LogP contribution in [-0.2, 0) is 0 Å². The fourth-order valence-electron chi connectivity index (χ4n) is 3.09. The van der Waals surface area contributed by atoms with Crippen LogP contribution in [0.4, 0.5) is 0 Å². The van der Waals surface area contributed by atoms with Crippen molar-refractivity contribution >= 4 is 5.78 Å². The van der Waals surface area contributed by atoms with Crippen LogP contribution in [0.5, 0.6) is 11.5 Å². The molecule has 2 aromatic carbocycles. The van der Waals surface area contributed by atoms with Crippen molar-refractivity contribution in [3.05, 3.63) is 59.8 Å². The molecular weight excluding hydrogens is 314 g/mol. The van der Waals surface area contributed by atoms with Gasteiger partial charge in [-0.3, -0.25) is 4.79 Å². The Morgan fingerprint density at radius 2 is 1.32 bits per heavy atom. The van der Waals surface area contributed by atoms with Gasteiger partial charge in [0.2, 0.25) is 0 Å². The van der Waals surface area contributed by atoms with Gasteiger partial charge in [-0.05, 0) is 61.4 Å². The van der Waals surface area contributed by atoms with Crippen LogP contribution in [0.15, 0.2) is 48.5 Å². The van der Waals surface area contributed by atoms with E-state index in [4.69, 9.17) is 9.47 Å². The summed E-state index contributed by atoms with van der Waals surface area (Å²) in [5.41, 5.74) is 5.40. The molecule has 0 spiro atoms. The summed E-state index contributed by atoms with van der Waals surface area (Å²) in [5.74, 6) is 1.62. The molecule has 0 aliphatic carbocycles. The molecule has 0 fully saturated rings. The minimum absolute atomic E-state index is 0.0410. The van der Waals surface area contributed by atoms with E-state index in [1.165, 1.54) is 0 Å². The molecule has 0 unspecified atom stereocenters. The Morgan fingerprint density at radius 1 is 0.840 bits per heavy atom. The van der Waals surface area contributed by atoms with Gasteiger partial charge in [-0.1, -0.05) is 12.1 Å². The van der Waals surface area contributed by atoms with E-state index in [9.17, 15) is 4.79 Å². The molecular formula is C21H21NO3. The molecule has 1 aromatic heterocycles. The molecule has 0 radical (unpaired) electrons. The topological polar surface area (TPSA) is 51.3 Å². The molecule has 0 saturated carbocycles. The lowest BCUT2D eigenvalue weighted by Crippen LogP contribution is -1.96. The number of Topliss-reactive ketones (excluding diaryl/α,β-unsaturated/α-hetero) is 1. The van der Waals surface area contributed by atoms with Crippen LogP contribution in [0.1, 0.15) is 23.0 Å². The van der Waals surface area contributed by atoms with Gasteiger partial charge in [0.25, 0.3) is 0 Å². The van der Waals surface area contributed by atoms with Crippen molar-refractivity contribution < 1.29 is 14.3 Å². The van der Waals surface area contributed by atoms with Gasteiger partial charge < -0.3 is 14.5 Å². The van der Waals surface area contributed by atoms with Gasteiger partial charge in [0.05, 0.1) is 19.9 Å². The Morgan fingerprint density at radius 3 is 1.76 bits per heavy atom. The molecule has 0 aliphatic heterocycles. The third-order valence-electron chi connectivity index (χ3n) is 4.30. The van der Waals surface area contributed by atoms with Crippen molar-refractivity contribution in [1.29, 1.82) is 0 Å². The summed E-state index contributed by atoms with van der Waals surface area (Å²) in [6, 6.07) is 15.6. The van der Waals surface area contributed by atoms with Crippen LogP contribution in [0.3, 0.4) is 0 Å². The first-order chi connectivity index (χ1) is 12.0. The quantitative estimate of drug-likeness (QED) is 0.676. The number of ether oxygens (including phenoxy) is 2. The number of rotatable bonds is 5. The second-order valence-corrected chi connectivity index (χ2v) is 5.89. The normalized spacial score (nSPS) is 10.6. The van der Waals surface area contributed by atoms with Crippen molar-refractivity contribution in [2.75, 3.05) is 14.2 Å². The number of hydrogen-bond acceptors (Lipinski definition) is 3. The predicted octanol–water partition coefficient (Wildman–Crippen LogP) is 4.88. The van der Waals surface area contributed by atoms with Gasteiger partial charge in [0, 0.05) is 16.8 Å². The van der Waals surface area contributed by atoms with E-state index in [0.717, 1.165) is 45.1 Å². The lowest BCUT2D eigenvalue weighted by molar-refractivity contribution is 0.101. The molecule has 3 rings (SSSR count). The summed E-state index contributed by atoms with van der Waals surface area (Å²) < 4.78 is 10.5. The Hall–Kier alpha value is -3.01. The third kappa shape index (κ3) is 3.15. The number of carbonyl (C=O) groups excluding carboxylic acids is 1. The number of nitrogens with one attached hydrogen (secondary N) is 1. The molecule has 1 heterocycles. The summed E-state index contributed by atoms with van der Waals surface area (Å²) >= 11 is 0. The van der Waals surface area contributed by atoms with Gasteiger partial charge >= 0.3 is 0 Å². The van der Waals surface area contributed by atoms with E-state index in [2.05, 4.69) is 4.98 Å². The number of aromatic amines is 1. The smallest absolute Gasteiger partial charge is 0.162 e. The average molecular weight is 335 g/mol. The summed E-state index contributed by atoms with van der Waals surface area (Å²) in [6.07, 6.45) is 0. The first-order valence-electron chi connectivity index (χ1n) is 8.07. The summed E-state index contributed by atoms with van der Waals surface area (Å²) in [5, 5.41) is 0. The highest BCUT2D eigenvalue weighted by atomic mass is 16.5. The molecule has 0 saturated heterocycles. The highest BCUT2D eigenvalue weighted by molar-refractivity contribution is 6.06. The van der Waals surface area contributed by atoms with Gasteiger partial charge in [-0.15, -0.1) is 0 Å². The van der Waals surface area contributed by atoms with Crippen molar-refractivity contribution in [3.63, 3.8) is 0 Å². The van der Waals surface area contributed by atoms with Crippen LogP contribution in [0, 0.1) is 6.92 Å². The highest BCUT2D eigenvalue weighted by Gasteiger charge is 2.21. The predicted molar refractivity (Wildman–Crippen MR) is 99.5 cm³/mol. The molecule has 0 bridgehead atoms. The van der Waals surface area contributed by atoms with E-state index >= 15 is 0 Å². The lowest BCUT2D eigenvalue weighted by Gasteiger charge is -2.09. The number of aryl methyl sites for hydroxylation is 1. The Kier molecular flexibility index (Phi) is 4.61. The van der Waals surface area contributed by atoms with Crippen LogP contribution < -0.4 is 9.47 Å². The molecule has 25 heavy (non-hydrogen) atoms. The Balaban J connectivity index is 2.20. The van der Waals surface area contributed by atoms with Gasteiger partial charge in [0.1, 0.15) is 11.5 Å². The zero-order chi connectivity index (χ0) is 18.0. The van der Waals surface area contributed by atoms with Crippen LogP contribution in [-0.4, -0.2) is 25.0 Å². The SMILES string of the molecule is COc1ccc(-c2[nH]c(C)c(C(C)=O)c2-c2ccc(OC)cc2)cc1. The van der Waals surface area contributed by atoms with Crippen molar-refractivity contribution in [3.8, 4) is 33.9 Å². The van der Waals surface area contributed by atoms with Gasteiger partial charge in [-0.2, -0.15) is 0 Å². The number of H-pyrrole nitrogens is 1. The van der Waals surface area contributed by atoms with Gasteiger partial charge in [-0.25, -0.2) is 0 Å². The maximum absolute atomic E-state index is 12.3. The minimum Gasteiger partial charge on any atom is -0.497 e. The molecule has 0 atom stereocenters. The van der Waals surface area contributed by atoms with E-state index < -0.39 is 0 Å². The average Bonchev–Trinajstić information content (AvgIpc) is 2.99. The molecule has 0 aliphatic rings. The first kappa shape index (κ1) is 16.8. The van der Waals surface area contributed by atoms with Crippen LogP contribution in [0.25, 0.3) is 22.4 Å². The fraction of sp³-hybridized carbons (Fsp3) is 0.190. The van der Waals surface area contributed by atoms with Crippen molar-refractivity contribution in [2.24, 2.45) is 0 Å². The zero-order valence-corrected chi connectivity index (χ0v) is 14.8. The van der Waals surface area contributed by atoms with E-state index in [0.29, 0.717) is 0 Å². The molecule has 128 valence electrons. The molecule has 0 amide bonds. The van der Waals surface area contributed by atoms with Crippen LogP contribution in [0.2, 0.25) is 0 Å². The van der Waals surface area contributed by atoms with E-state index in [1.807, 2.05) is 55.5 Å². The van der Waals surface area contributed by atoms with E-state index in [1.54, 1.807) is 21.1 Å². The highest BCUT2D eigenvalue weighted by Crippen LogP contribution is 2.38. The molecule has 4 heteroatoms. The fourth-order valence-corrected chi connectivity index (χ4v) is 3.09. The monoisotopic (exact) mass is 335 g/mol. The number of ketones is 1. The number of hydrogen-bond donors (Lipinski definition) is 1. The standard InChI is InChI=1S/C21H21NO3/c1-13-19(14(2)23)20(15-5-9-17(24-3)10-6-15)21(22-13)16-7-11-18(25-4)12-8-16/h5-12,22H,1-4H3. The van der Waals surface area contributed by atoms with Crippen molar-refractivity contribution in [1.82, 2.24) is 4.98 Å². The molecule has 1 N–H and O–H groups in total.